The van der Waals surface area contributed by atoms with E-state index in [2.05, 4.69) is 4.90 Å². The molecule has 0 aromatic heterocycles. The zero-order valence-corrected chi connectivity index (χ0v) is 11.4. The van der Waals surface area contributed by atoms with E-state index in [4.69, 9.17) is 9.47 Å². The summed E-state index contributed by atoms with van der Waals surface area (Å²) in [6.45, 7) is 4.36. The topological polar surface area (TPSA) is 41.9 Å². The van der Waals surface area contributed by atoms with Crippen molar-refractivity contribution in [2.45, 2.75) is 19.6 Å². The molecule has 0 aliphatic carbocycles. The van der Waals surface area contributed by atoms with E-state index in [9.17, 15) is 5.11 Å². The molecule has 1 aromatic carbocycles. The average molecular weight is 253 g/mol. The SMILES string of the molecule is CCOCC(O)CN(C)Cc1ccc(OC)cc1. The van der Waals surface area contributed by atoms with Gasteiger partial charge in [0.15, 0.2) is 0 Å². The van der Waals surface area contributed by atoms with Crippen LogP contribution in [0.15, 0.2) is 24.3 Å². The Bertz CT molecular complexity index is 326. The Morgan fingerprint density at radius 1 is 1.28 bits per heavy atom. The maximum Gasteiger partial charge on any atom is 0.118 e. The summed E-state index contributed by atoms with van der Waals surface area (Å²) in [5.41, 5.74) is 1.20. The molecule has 1 rings (SSSR count). The lowest BCUT2D eigenvalue weighted by molar-refractivity contribution is 0.0244. The molecule has 0 heterocycles. The average Bonchev–Trinajstić information content (AvgIpc) is 2.37. The molecule has 0 aliphatic rings. The number of rotatable bonds is 8. The lowest BCUT2D eigenvalue weighted by atomic mass is 10.2. The normalized spacial score (nSPS) is 12.7. The molecule has 0 radical (unpaired) electrons. The van der Waals surface area contributed by atoms with Crippen LogP contribution >= 0.6 is 0 Å². The maximum atomic E-state index is 9.72. The highest BCUT2D eigenvalue weighted by Crippen LogP contribution is 2.12. The van der Waals surface area contributed by atoms with Crippen molar-refractivity contribution in [2.75, 3.05) is 33.9 Å². The minimum Gasteiger partial charge on any atom is -0.497 e. The van der Waals surface area contributed by atoms with Gasteiger partial charge in [-0.2, -0.15) is 0 Å². The van der Waals surface area contributed by atoms with Crippen LogP contribution in [0, 0.1) is 0 Å². The van der Waals surface area contributed by atoms with E-state index in [1.807, 2.05) is 38.2 Å². The smallest absolute Gasteiger partial charge is 0.118 e. The number of aliphatic hydroxyl groups is 1. The summed E-state index contributed by atoms with van der Waals surface area (Å²) in [5.74, 6) is 0.859. The van der Waals surface area contributed by atoms with E-state index >= 15 is 0 Å². The minimum atomic E-state index is -0.437. The summed E-state index contributed by atoms with van der Waals surface area (Å²) in [6, 6.07) is 7.95. The second-order valence-electron chi connectivity index (χ2n) is 4.36. The second kappa shape index (κ2) is 8.08. The molecule has 1 atom stereocenters. The fourth-order valence-electron chi connectivity index (χ4n) is 1.77. The van der Waals surface area contributed by atoms with Crippen LogP contribution in [0.3, 0.4) is 0 Å². The van der Waals surface area contributed by atoms with Crippen molar-refractivity contribution in [3.63, 3.8) is 0 Å². The number of nitrogens with zero attached hydrogens (tertiary/aromatic N) is 1. The Morgan fingerprint density at radius 3 is 2.50 bits per heavy atom. The second-order valence-corrected chi connectivity index (χ2v) is 4.36. The first-order valence-electron chi connectivity index (χ1n) is 6.23. The third-order valence-corrected chi connectivity index (χ3v) is 2.65. The Balaban J connectivity index is 2.36. The van der Waals surface area contributed by atoms with Crippen LogP contribution in [-0.2, 0) is 11.3 Å². The van der Waals surface area contributed by atoms with Crippen LogP contribution in [0.2, 0.25) is 0 Å². The molecule has 0 saturated carbocycles. The summed E-state index contributed by atoms with van der Waals surface area (Å²) >= 11 is 0. The van der Waals surface area contributed by atoms with Gasteiger partial charge in [-0.25, -0.2) is 0 Å². The first-order valence-corrected chi connectivity index (χ1v) is 6.23. The van der Waals surface area contributed by atoms with Gasteiger partial charge < -0.3 is 14.6 Å². The number of hydrogen-bond donors (Lipinski definition) is 1. The molecule has 0 fully saturated rings. The number of aliphatic hydroxyl groups excluding tert-OH is 1. The van der Waals surface area contributed by atoms with Gasteiger partial charge in [-0.1, -0.05) is 12.1 Å². The van der Waals surface area contributed by atoms with Gasteiger partial charge in [0, 0.05) is 19.7 Å². The highest BCUT2D eigenvalue weighted by atomic mass is 16.5. The lowest BCUT2D eigenvalue weighted by Crippen LogP contribution is -2.31. The summed E-state index contributed by atoms with van der Waals surface area (Å²) in [7, 11) is 3.64. The van der Waals surface area contributed by atoms with Crippen molar-refractivity contribution < 1.29 is 14.6 Å². The van der Waals surface area contributed by atoms with Crippen LogP contribution in [0.1, 0.15) is 12.5 Å². The number of likely N-dealkylation sites (N-methyl/N-ethyl adjacent to an activating group) is 1. The van der Waals surface area contributed by atoms with Crippen molar-refractivity contribution in [1.29, 1.82) is 0 Å². The fourth-order valence-corrected chi connectivity index (χ4v) is 1.77. The van der Waals surface area contributed by atoms with E-state index < -0.39 is 6.10 Å². The predicted octanol–water partition coefficient (Wildman–Crippen LogP) is 1.52. The van der Waals surface area contributed by atoms with Crippen LogP contribution in [0.4, 0.5) is 0 Å². The molecule has 0 amide bonds. The molecule has 4 nitrogen and oxygen atoms in total. The zero-order chi connectivity index (χ0) is 13.4. The fraction of sp³-hybridized carbons (Fsp3) is 0.571. The van der Waals surface area contributed by atoms with Crippen LogP contribution < -0.4 is 4.74 Å². The standard InChI is InChI=1S/C14H23NO3/c1-4-18-11-13(16)10-15(2)9-12-5-7-14(17-3)8-6-12/h5-8,13,16H,4,9-11H2,1-3H3. The van der Waals surface area contributed by atoms with Gasteiger partial charge in [0.1, 0.15) is 5.75 Å². The predicted molar refractivity (Wildman–Crippen MR) is 71.8 cm³/mol. The van der Waals surface area contributed by atoms with Crippen molar-refractivity contribution in [1.82, 2.24) is 4.90 Å². The van der Waals surface area contributed by atoms with E-state index in [1.54, 1.807) is 7.11 Å². The van der Waals surface area contributed by atoms with Gasteiger partial charge in [-0.05, 0) is 31.7 Å². The molecule has 0 spiro atoms. The Hall–Kier alpha value is -1.10. The first-order chi connectivity index (χ1) is 8.65. The van der Waals surface area contributed by atoms with Gasteiger partial charge in [0.2, 0.25) is 0 Å². The molecular weight excluding hydrogens is 230 g/mol. The maximum absolute atomic E-state index is 9.72. The number of hydrogen-bond acceptors (Lipinski definition) is 4. The molecule has 0 aliphatic heterocycles. The Labute approximate surface area is 109 Å². The van der Waals surface area contributed by atoms with Crippen LogP contribution in [-0.4, -0.2) is 50.0 Å². The van der Waals surface area contributed by atoms with Crippen molar-refractivity contribution in [3.8, 4) is 5.75 Å². The molecule has 1 unspecified atom stereocenters. The van der Waals surface area contributed by atoms with E-state index in [0.29, 0.717) is 19.8 Å². The Morgan fingerprint density at radius 2 is 1.94 bits per heavy atom. The van der Waals surface area contributed by atoms with Gasteiger partial charge >= 0.3 is 0 Å². The quantitative estimate of drug-likeness (QED) is 0.763. The molecule has 102 valence electrons. The van der Waals surface area contributed by atoms with Crippen molar-refractivity contribution in [2.24, 2.45) is 0 Å². The molecule has 0 bridgehead atoms. The van der Waals surface area contributed by atoms with Gasteiger partial charge in [0.05, 0.1) is 19.8 Å². The van der Waals surface area contributed by atoms with Crippen LogP contribution in [0.25, 0.3) is 0 Å². The molecule has 1 N–H and O–H groups in total. The number of methoxy groups -OCH3 is 1. The third kappa shape index (κ3) is 5.49. The molecular formula is C14H23NO3. The third-order valence-electron chi connectivity index (χ3n) is 2.65. The number of benzene rings is 1. The van der Waals surface area contributed by atoms with E-state index in [-0.39, 0.29) is 0 Å². The summed E-state index contributed by atoms with van der Waals surface area (Å²) in [6.07, 6.45) is -0.437. The van der Waals surface area contributed by atoms with Gasteiger partial charge in [-0.3, -0.25) is 4.90 Å². The van der Waals surface area contributed by atoms with Gasteiger partial charge in [-0.15, -0.1) is 0 Å². The Kier molecular flexibility index (Phi) is 6.72. The summed E-state index contributed by atoms with van der Waals surface area (Å²) in [5, 5.41) is 9.72. The van der Waals surface area contributed by atoms with Crippen molar-refractivity contribution >= 4 is 0 Å². The molecule has 1 aromatic rings. The monoisotopic (exact) mass is 253 g/mol. The molecule has 4 heteroatoms. The number of ether oxygens (including phenoxy) is 2. The lowest BCUT2D eigenvalue weighted by Gasteiger charge is -2.20. The summed E-state index contributed by atoms with van der Waals surface area (Å²) < 4.78 is 10.3. The molecule has 0 saturated heterocycles. The van der Waals surface area contributed by atoms with E-state index in [1.165, 1.54) is 5.56 Å². The van der Waals surface area contributed by atoms with Gasteiger partial charge in [0.25, 0.3) is 0 Å². The highest BCUT2D eigenvalue weighted by molar-refractivity contribution is 5.27. The van der Waals surface area contributed by atoms with Crippen LogP contribution in [0.5, 0.6) is 5.75 Å². The minimum absolute atomic E-state index is 0.392. The van der Waals surface area contributed by atoms with E-state index in [0.717, 1.165) is 12.3 Å². The largest absolute Gasteiger partial charge is 0.497 e. The summed E-state index contributed by atoms with van der Waals surface area (Å²) in [4.78, 5) is 2.07. The first kappa shape index (κ1) is 15.0. The zero-order valence-electron chi connectivity index (χ0n) is 11.4. The van der Waals surface area contributed by atoms with Crippen molar-refractivity contribution in [3.05, 3.63) is 29.8 Å². The highest BCUT2D eigenvalue weighted by Gasteiger charge is 2.08. The molecule has 18 heavy (non-hydrogen) atoms.